The molecule has 0 spiro atoms. The van der Waals surface area contributed by atoms with Crippen LogP contribution in [0.1, 0.15) is 29.9 Å². The van der Waals surface area contributed by atoms with E-state index in [0.29, 0.717) is 12.1 Å². The van der Waals surface area contributed by atoms with E-state index in [9.17, 15) is 4.39 Å². The highest BCUT2D eigenvalue weighted by Crippen LogP contribution is 2.27. The molecule has 1 aromatic heterocycles. The van der Waals surface area contributed by atoms with Gasteiger partial charge in [-0.15, -0.1) is 0 Å². The molecule has 0 saturated carbocycles. The van der Waals surface area contributed by atoms with E-state index < -0.39 is 0 Å². The Morgan fingerprint density at radius 2 is 1.95 bits per heavy atom. The van der Waals surface area contributed by atoms with Gasteiger partial charge in [-0.05, 0) is 38.1 Å². The number of hydrogen-bond acceptors (Lipinski definition) is 3. The largest absolute Gasteiger partial charge is 0.368 e. The van der Waals surface area contributed by atoms with Crippen molar-refractivity contribution in [2.75, 3.05) is 11.9 Å². The maximum Gasteiger partial charge on any atom is 0.130 e. The first-order chi connectivity index (χ1) is 9.49. The Kier molecular flexibility index (Phi) is 4.35. The lowest BCUT2D eigenvalue weighted by molar-refractivity contribution is 0.592. The molecule has 0 fully saturated rings. The molecule has 1 heterocycles. The molecule has 4 heteroatoms. The van der Waals surface area contributed by atoms with Crippen LogP contribution in [0.25, 0.3) is 0 Å². The molecule has 0 aliphatic rings. The SMILES string of the molecule is Cc1cccc(CN(C)c2cccc(F)c2C(C)N)n1. The Bertz CT molecular complexity index is 596. The van der Waals surface area contributed by atoms with Crippen molar-refractivity contribution >= 4 is 5.69 Å². The number of aryl methyl sites for hydroxylation is 1. The smallest absolute Gasteiger partial charge is 0.130 e. The molecule has 1 aromatic carbocycles. The van der Waals surface area contributed by atoms with E-state index in [2.05, 4.69) is 4.98 Å². The number of nitrogens with two attached hydrogens (primary N) is 1. The van der Waals surface area contributed by atoms with Crippen LogP contribution in [-0.2, 0) is 6.54 Å². The number of rotatable bonds is 4. The van der Waals surface area contributed by atoms with Crippen LogP contribution in [0.3, 0.4) is 0 Å². The Hall–Kier alpha value is -1.94. The number of halogens is 1. The lowest BCUT2D eigenvalue weighted by Crippen LogP contribution is -2.21. The first-order valence-corrected chi connectivity index (χ1v) is 6.66. The van der Waals surface area contributed by atoms with Gasteiger partial charge in [0.15, 0.2) is 0 Å². The average molecular weight is 273 g/mol. The lowest BCUT2D eigenvalue weighted by Gasteiger charge is -2.24. The second kappa shape index (κ2) is 6.01. The van der Waals surface area contributed by atoms with Gasteiger partial charge in [0.2, 0.25) is 0 Å². The standard InChI is InChI=1S/C16H20FN3/c1-11-6-4-7-13(19-11)10-20(3)15-9-5-8-14(17)16(15)12(2)18/h4-9,12H,10,18H2,1-3H3. The maximum atomic E-state index is 13.9. The summed E-state index contributed by atoms with van der Waals surface area (Å²) in [7, 11) is 1.92. The number of anilines is 1. The molecule has 106 valence electrons. The van der Waals surface area contributed by atoms with Crippen molar-refractivity contribution in [2.45, 2.75) is 26.4 Å². The van der Waals surface area contributed by atoms with Crippen molar-refractivity contribution in [3.63, 3.8) is 0 Å². The van der Waals surface area contributed by atoms with Gasteiger partial charge in [-0.1, -0.05) is 12.1 Å². The zero-order valence-corrected chi connectivity index (χ0v) is 12.1. The topological polar surface area (TPSA) is 42.1 Å². The van der Waals surface area contributed by atoms with E-state index in [-0.39, 0.29) is 11.9 Å². The second-order valence-electron chi connectivity index (χ2n) is 5.09. The third kappa shape index (κ3) is 3.14. The maximum absolute atomic E-state index is 13.9. The molecular formula is C16H20FN3. The van der Waals surface area contributed by atoms with Gasteiger partial charge in [0.05, 0.1) is 12.2 Å². The van der Waals surface area contributed by atoms with Crippen LogP contribution in [0, 0.1) is 12.7 Å². The van der Waals surface area contributed by atoms with Crippen LogP contribution < -0.4 is 10.6 Å². The Morgan fingerprint density at radius 1 is 1.25 bits per heavy atom. The van der Waals surface area contributed by atoms with Gasteiger partial charge in [-0.2, -0.15) is 0 Å². The van der Waals surface area contributed by atoms with Crippen molar-refractivity contribution in [1.29, 1.82) is 0 Å². The van der Waals surface area contributed by atoms with Gasteiger partial charge in [0, 0.05) is 30.0 Å². The molecule has 0 bridgehead atoms. The third-order valence-electron chi connectivity index (χ3n) is 3.24. The molecule has 0 aliphatic carbocycles. The first kappa shape index (κ1) is 14.5. The summed E-state index contributed by atoms with van der Waals surface area (Å²) in [6, 6.07) is 10.6. The van der Waals surface area contributed by atoms with Crippen LogP contribution >= 0.6 is 0 Å². The summed E-state index contributed by atoms with van der Waals surface area (Å²) in [5, 5.41) is 0. The first-order valence-electron chi connectivity index (χ1n) is 6.66. The summed E-state index contributed by atoms with van der Waals surface area (Å²) in [5.74, 6) is -0.262. The molecule has 0 amide bonds. The van der Waals surface area contributed by atoms with E-state index in [1.807, 2.05) is 43.1 Å². The lowest BCUT2D eigenvalue weighted by atomic mass is 10.1. The molecule has 3 nitrogen and oxygen atoms in total. The predicted octanol–water partition coefficient (Wildman–Crippen LogP) is 3.19. The minimum Gasteiger partial charge on any atom is -0.368 e. The molecular weight excluding hydrogens is 253 g/mol. The van der Waals surface area contributed by atoms with Gasteiger partial charge in [0.1, 0.15) is 5.82 Å². The molecule has 0 radical (unpaired) electrons. The molecule has 2 N–H and O–H groups in total. The van der Waals surface area contributed by atoms with Crippen molar-refractivity contribution in [1.82, 2.24) is 4.98 Å². The fourth-order valence-corrected chi connectivity index (χ4v) is 2.32. The van der Waals surface area contributed by atoms with E-state index in [1.165, 1.54) is 6.07 Å². The van der Waals surface area contributed by atoms with E-state index >= 15 is 0 Å². The highest BCUT2D eigenvalue weighted by atomic mass is 19.1. The number of nitrogens with zero attached hydrogens (tertiary/aromatic N) is 2. The fourth-order valence-electron chi connectivity index (χ4n) is 2.32. The van der Waals surface area contributed by atoms with Crippen molar-refractivity contribution in [2.24, 2.45) is 5.73 Å². The number of benzene rings is 1. The monoisotopic (exact) mass is 273 g/mol. The minimum absolute atomic E-state index is 0.262. The quantitative estimate of drug-likeness (QED) is 0.930. The zero-order valence-electron chi connectivity index (χ0n) is 12.1. The average Bonchev–Trinajstić information content (AvgIpc) is 2.37. The molecule has 1 atom stereocenters. The van der Waals surface area contributed by atoms with Crippen LogP contribution in [0.15, 0.2) is 36.4 Å². The number of hydrogen-bond donors (Lipinski definition) is 1. The number of aromatic nitrogens is 1. The normalized spacial score (nSPS) is 12.2. The van der Waals surface area contributed by atoms with E-state index in [4.69, 9.17) is 5.73 Å². The highest BCUT2D eigenvalue weighted by Gasteiger charge is 2.15. The molecule has 0 saturated heterocycles. The van der Waals surface area contributed by atoms with Gasteiger partial charge < -0.3 is 10.6 Å². The van der Waals surface area contributed by atoms with E-state index in [0.717, 1.165) is 17.1 Å². The zero-order chi connectivity index (χ0) is 14.7. The molecule has 0 aliphatic heterocycles. The summed E-state index contributed by atoms with van der Waals surface area (Å²) in [6.45, 7) is 4.37. The fraction of sp³-hybridized carbons (Fsp3) is 0.312. The molecule has 1 unspecified atom stereocenters. The van der Waals surface area contributed by atoms with Gasteiger partial charge in [0.25, 0.3) is 0 Å². The van der Waals surface area contributed by atoms with Crippen molar-refractivity contribution in [3.8, 4) is 0 Å². The summed E-state index contributed by atoms with van der Waals surface area (Å²) in [4.78, 5) is 6.44. The van der Waals surface area contributed by atoms with Gasteiger partial charge >= 0.3 is 0 Å². The van der Waals surface area contributed by atoms with Crippen molar-refractivity contribution < 1.29 is 4.39 Å². The molecule has 2 rings (SSSR count). The third-order valence-corrected chi connectivity index (χ3v) is 3.24. The Morgan fingerprint density at radius 3 is 2.60 bits per heavy atom. The molecule has 2 aromatic rings. The minimum atomic E-state index is -0.348. The summed E-state index contributed by atoms with van der Waals surface area (Å²) >= 11 is 0. The molecule has 20 heavy (non-hydrogen) atoms. The predicted molar refractivity (Wildman–Crippen MR) is 80.1 cm³/mol. The summed E-state index contributed by atoms with van der Waals surface area (Å²) in [6.07, 6.45) is 0. The Balaban J connectivity index is 2.30. The van der Waals surface area contributed by atoms with E-state index in [1.54, 1.807) is 13.0 Å². The second-order valence-corrected chi connectivity index (χ2v) is 5.09. The van der Waals surface area contributed by atoms with Crippen LogP contribution in [0.5, 0.6) is 0 Å². The van der Waals surface area contributed by atoms with Crippen molar-refractivity contribution in [3.05, 3.63) is 59.2 Å². The number of pyridine rings is 1. The van der Waals surface area contributed by atoms with Crippen LogP contribution in [0.4, 0.5) is 10.1 Å². The van der Waals surface area contributed by atoms with Crippen LogP contribution in [-0.4, -0.2) is 12.0 Å². The van der Waals surface area contributed by atoms with Gasteiger partial charge in [-0.3, -0.25) is 4.98 Å². The van der Waals surface area contributed by atoms with Crippen LogP contribution in [0.2, 0.25) is 0 Å². The van der Waals surface area contributed by atoms with Gasteiger partial charge in [-0.25, -0.2) is 4.39 Å². The Labute approximate surface area is 119 Å². The summed E-state index contributed by atoms with van der Waals surface area (Å²) < 4.78 is 13.9. The highest BCUT2D eigenvalue weighted by molar-refractivity contribution is 5.55. The summed E-state index contributed by atoms with van der Waals surface area (Å²) in [5.41, 5.74) is 9.17.